The van der Waals surface area contributed by atoms with Crippen LogP contribution in [0.15, 0.2) is 4.60 Å². The minimum absolute atomic E-state index is 0.00794. The van der Waals surface area contributed by atoms with Gasteiger partial charge in [0.05, 0.1) is 11.7 Å². The third-order valence-electron chi connectivity index (χ3n) is 3.87. The summed E-state index contributed by atoms with van der Waals surface area (Å²) in [5.41, 5.74) is 1.10. The van der Waals surface area contributed by atoms with Gasteiger partial charge in [-0.3, -0.25) is 0 Å². The lowest BCUT2D eigenvalue weighted by Gasteiger charge is -2.43. The molecule has 5 nitrogen and oxygen atoms in total. The van der Waals surface area contributed by atoms with Gasteiger partial charge in [0, 0.05) is 12.6 Å². The molecule has 0 spiro atoms. The molecule has 1 N–H and O–H groups in total. The number of hydrogen-bond acceptors (Lipinski definition) is 4. The molecule has 0 aliphatic heterocycles. The van der Waals surface area contributed by atoms with Crippen LogP contribution in [-0.4, -0.2) is 46.1 Å². The standard InChI is InChI=1S/C12H24BrN5/c1-7-12(3,17(4)5)10(14-8-2)9-11(13)15-16-18(9)6/h10,14H,7-8H2,1-6H3. The van der Waals surface area contributed by atoms with E-state index in [1.165, 1.54) is 0 Å². The molecule has 0 aliphatic rings. The van der Waals surface area contributed by atoms with Crippen molar-refractivity contribution in [2.75, 3.05) is 20.6 Å². The molecule has 1 aromatic rings. The quantitative estimate of drug-likeness (QED) is 0.871. The molecule has 1 aromatic heterocycles. The second-order valence-corrected chi connectivity index (χ2v) is 5.74. The van der Waals surface area contributed by atoms with Crippen LogP contribution in [0.2, 0.25) is 0 Å². The zero-order valence-electron chi connectivity index (χ0n) is 12.2. The number of aryl methyl sites for hydroxylation is 1. The summed E-state index contributed by atoms with van der Waals surface area (Å²) in [7, 11) is 6.17. The van der Waals surface area contributed by atoms with Crippen LogP contribution in [0.4, 0.5) is 0 Å². The molecule has 0 fully saturated rings. The first-order chi connectivity index (χ1) is 8.38. The Balaban J connectivity index is 3.25. The smallest absolute Gasteiger partial charge is 0.153 e. The van der Waals surface area contributed by atoms with E-state index < -0.39 is 0 Å². The molecule has 0 saturated heterocycles. The lowest BCUT2D eigenvalue weighted by atomic mass is 9.86. The molecule has 0 saturated carbocycles. The first-order valence-corrected chi connectivity index (χ1v) is 7.13. The number of rotatable bonds is 6. The average molecular weight is 318 g/mol. The van der Waals surface area contributed by atoms with Gasteiger partial charge in [0.1, 0.15) is 0 Å². The Bertz CT molecular complexity index is 370. The summed E-state index contributed by atoms with van der Waals surface area (Å²) in [5.74, 6) is 0. The van der Waals surface area contributed by atoms with E-state index in [4.69, 9.17) is 0 Å². The summed E-state index contributed by atoms with van der Waals surface area (Å²) in [4.78, 5) is 2.26. The third kappa shape index (κ3) is 2.75. The van der Waals surface area contributed by atoms with Gasteiger partial charge in [0.25, 0.3) is 0 Å². The molecule has 2 unspecified atom stereocenters. The molecule has 104 valence electrons. The van der Waals surface area contributed by atoms with E-state index in [1.807, 2.05) is 11.7 Å². The van der Waals surface area contributed by atoms with Crippen molar-refractivity contribution < 1.29 is 0 Å². The zero-order valence-corrected chi connectivity index (χ0v) is 13.7. The van der Waals surface area contributed by atoms with Gasteiger partial charge in [-0.2, -0.15) is 0 Å². The van der Waals surface area contributed by atoms with Gasteiger partial charge in [-0.25, -0.2) is 4.68 Å². The lowest BCUT2D eigenvalue weighted by Crippen LogP contribution is -2.51. The molecule has 6 heteroatoms. The molecule has 0 aromatic carbocycles. The predicted octanol–water partition coefficient (Wildman–Crippen LogP) is 1.96. The van der Waals surface area contributed by atoms with E-state index in [0.717, 1.165) is 23.3 Å². The number of likely N-dealkylation sites (N-methyl/N-ethyl adjacent to an activating group) is 2. The van der Waals surface area contributed by atoms with E-state index in [-0.39, 0.29) is 11.6 Å². The fourth-order valence-electron chi connectivity index (χ4n) is 2.24. The predicted molar refractivity (Wildman–Crippen MR) is 77.5 cm³/mol. The van der Waals surface area contributed by atoms with Crippen molar-refractivity contribution in [2.24, 2.45) is 7.05 Å². The summed E-state index contributed by atoms with van der Waals surface area (Å²) in [5, 5.41) is 11.8. The van der Waals surface area contributed by atoms with Crippen LogP contribution in [0, 0.1) is 0 Å². The molecule has 1 rings (SSSR count). The van der Waals surface area contributed by atoms with Crippen LogP contribution in [-0.2, 0) is 7.05 Å². The van der Waals surface area contributed by atoms with Crippen LogP contribution < -0.4 is 5.32 Å². The second-order valence-electron chi connectivity index (χ2n) is 4.98. The summed E-state index contributed by atoms with van der Waals surface area (Å²) >= 11 is 3.51. The lowest BCUT2D eigenvalue weighted by molar-refractivity contribution is 0.109. The number of aromatic nitrogens is 3. The Morgan fingerprint density at radius 3 is 2.39 bits per heavy atom. The fourth-order valence-corrected chi connectivity index (χ4v) is 2.80. The van der Waals surface area contributed by atoms with Crippen LogP contribution in [0.1, 0.15) is 38.9 Å². The van der Waals surface area contributed by atoms with Gasteiger partial charge >= 0.3 is 0 Å². The van der Waals surface area contributed by atoms with Crippen molar-refractivity contribution in [1.29, 1.82) is 0 Å². The molecule has 0 amide bonds. The van der Waals surface area contributed by atoms with Crippen LogP contribution in [0.5, 0.6) is 0 Å². The molecule has 0 aliphatic carbocycles. The van der Waals surface area contributed by atoms with Crippen molar-refractivity contribution >= 4 is 15.9 Å². The molecule has 0 bridgehead atoms. The number of hydrogen-bond donors (Lipinski definition) is 1. The van der Waals surface area contributed by atoms with Gasteiger partial charge in [0.2, 0.25) is 0 Å². The number of halogens is 1. The normalized spacial score (nSPS) is 16.9. The van der Waals surface area contributed by atoms with Crippen molar-refractivity contribution in [1.82, 2.24) is 25.2 Å². The maximum Gasteiger partial charge on any atom is 0.153 e. The minimum atomic E-state index is 0.00794. The van der Waals surface area contributed by atoms with Crippen molar-refractivity contribution in [3.63, 3.8) is 0 Å². The van der Waals surface area contributed by atoms with Crippen molar-refractivity contribution in [3.8, 4) is 0 Å². The van der Waals surface area contributed by atoms with E-state index in [0.29, 0.717) is 0 Å². The Labute approximate surface area is 118 Å². The molecule has 1 heterocycles. The second kappa shape index (κ2) is 6.12. The maximum atomic E-state index is 4.10. The summed E-state index contributed by atoms with van der Waals surface area (Å²) < 4.78 is 2.66. The van der Waals surface area contributed by atoms with Crippen LogP contribution >= 0.6 is 15.9 Å². The van der Waals surface area contributed by atoms with Crippen molar-refractivity contribution in [2.45, 2.75) is 38.8 Å². The number of nitrogens with one attached hydrogen (secondary N) is 1. The van der Waals surface area contributed by atoms with Crippen LogP contribution in [0.3, 0.4) is 0 Å². The first kappa shape index (κ1) is 15.6. The van der Waals surface area contributed by atoms with Gasteiger partial charge in [-0.1, -0.05) is 19.1 Å². The van der Waals surface area contributed by atoms with Crippen molar-refractivity contribution in [3.05, 3.63) is 10.3 Å². The maximum absolute atomic E-state index is 4.10. The number of nitrogens with zero attached hydrogens (tertiary/aromatic N) is 4. The summed E-state index contributed by atoms with van der Waals surface area (Å²) in [6.45, 7) is 7.50. The molecule has 0 radical (unpaired) electrons. The van der Waals surface area contributed by atoms with E-state index in [2.05, 4.69) is 71.3 Å². The Morgan fingerprint density at radius 1 is 1.44 bits per heavy atom. The zero-order chi connectivity index (χ0) is 13.9. The first-order valence-electron chi connectivity index (χ1n) is 6.34. The topological polar surface area (TPSA) is 46.0 Å². The minimum Gasteiger partial charge on any atom is -0.307 e. The molecule has 18 heavy (non-hydrogen) atoms. The van der Waals surface area contributed by atoms with Gasteiger partial charge < -0.3 is 10.2 Å². The Kier molecular flexibility index (Phi) is 5.31. The van der Waals surface area contributed by atoms with E-state index in [9.17, 15) is 0 Å². The SMILES string of the molecule is CCNC(c1c(Br)nnn1C)C(C)(CC)N(C)C. The highest BCUT2D eigenvalue weighted by Crippen LogP contribution is 2.35. The Hall–Kier alpha value is -0.460. The largest absolute Gasteiger partial charge is 0.307 e. The molecular weight excluding hydrogens is 294 g/mol. The highest BCUT2D eigenvalue weighted by molar-refractivity contribution is 9.10. The van der Waals surface area contributed by atoms with Gasteiger partial charge in [-0.05, 0) is 49.9 Å². The van der Waals surface area contributed by atoms with E-state index in [1.54, 1.807) is 0 Å². The molecular formula is C12H24BrN5. The fraction of sp³-hybridized carbons (Fsp3) is 0.833. The van der Waals surface area contributed by atoms with Gasteiger partial charge in [-0.15, -0.1) is 5.10 Å². The van der Waals surface area contributed by atoms with Crippen LogP contribution in [0.25, 0.3) is 0 Å². The van der Waals surface area contributed by atoms with Gasteiger partial charge in [0.15, 0.2) is 4.60 Å². The average Bonchev–Trinajstić information content (AvgIpc) is 2.65. The Morgan fingerprint density at radius 2 is 2.06 bits per heavy atom. The highest BCUT2D eigenvalue weighted by atomic mass is 79.9. The highest BCUT2D eigenvalue weighted by Gasteiger charge is 2.38. The monoisotopic (exact) mass is 317 g/mol. The third-order valence-corrected chi connectivity index (χ3v) is 4.43. The summed E-state index contributed by atoms with van der Waals surface area (Å²) in [6.07, 6.45) is 1.04. The van der Waals surface area contributed by atoms with E-state index >= 15 is 0 Å². The molecule has 2 atom stereocenters. The summed E-state index contributed by atoms with van der Waals surface area (Å²) in [6, 6.07) is 0.178.